The highest BCUT2D eigenvalue weighted by Crippen LogP contribution is 2.21. The summed E-state index contributed by atoms with van der Waals surface area (Å²) in [5, 5.41) is 16.3. The number of ketones is 1. The summed E-state index contributed by atoms with van der Waals surface area (Å²) >= 11 is 0. The first-order chi connectivity index (χ1) is 11.4. The second-order valence-corrected chi connectivity index (χ2v) is 5.30. The molecular formula is C17H17N3O4. The predicted molar refractivity (Wildman–Crippen MR) is 91.4 cm³/mol. The summed E-state index contributed by atoms with van der Waals surface area (Å²) < 4.78 is 0. The lowest BCUT2D eigenvalue weighted by atomic mass is 10.1. The van der Waals surface area contributed by atoms with E-state index >= 15 is 0 Å². The van der Waals surface area contributed by atoms with E-state index in [9.17, 15) is 19.7 Å². The van der Waals surface area contributed by atoms with E-state index < -0.39 is 4.92 Å². The molecule has 0 fully saturated rings. The van der Waals surface area contributed by atoms with E-state index in [4.69, 9.17) is 0 Å². The number of nitro groups is 1. The number of rotatable bonds is 6. The molecule has 1 amide bonds. The van der Waals surface area contributed by atoms with E-state index in [1.54, 1.807) is 31.2 Å². The summed E-state index contributed by atoms with van der Waals surface area (Å²) in [7, 11) is 0. The number of non-ortho nitro benzene ring substituents is 1. The monoisotopic (exact) mass is 327 g/mol. The highest BCUT2D eigenvalue weighted by Gasteiger charge is 2.10. The van der Waals surface area contributed by atoms with E-state index in [0.29, 0.717) is 22.5 Å². The van der Waals surface area contributed by atoms with Crippen LogP contribution in [0.2, 0.25) is 0 Å². The zero-order valence-electron chi connectivity index (χ0n) is 13.3. The molecule has 0 atom stereocenters. The second-order valence-electron chi connectivity index (χ2n) is 5.30. The molecule has 0 aliphatic rings. The number of anilines is 2. The summed E-state index contributed by atoms with van der Waals surface area (Å²) in [6.45, 7) is 3.17. The van der Waals surface area contributed by atoms with Crippen molar-refractivity contribution >= 4 is 28.8 Å². The van der Waals surface area contributed by atoms with E-state index in [1.165, 1.54) is 25.1 Å². The van der Waals surface area contributed by atoms with Gasteiger partial charge in [-0.3, -0.25) is 19.7 Å². The first-order valence-electron chi connectivity index (χ1n) is 7.26. The number of benzene rings is 2. The summed E-state index contributed by atoms with van der Waals surface area (Å²) in [6, 6.07) is 11.1. The molecule has 0 aromatic heterocycles. The van der Waals surface area contributed by atoms with Crippen molar-refractivity contribution in [3.8, 4) is 0 Å². The molecule has 7 heteroatoms. The highest BCUT2D eigenvalue weighted by molar-refractivity contribution is 5.96. The average Bonchev–Trinajstić information content (AvgIpc) is 2.55. The van der Waals surface area contributed by atoms with Gasteiger partial charge in [-0.25, -0.2) is 0 Å². The normalized spacial score (nSPS) is 10.1. The van der Waals surface area contributed by atoms with Crippen LogP contribution in [0.5, 0.6) is 0 Å². The molecule has 7 nitrogen and oxygen atoms in total. The maximum Gasteiger partial charge on any atom is 0.269 e. The molecule has 0 saturated heterocycles. The predicted octanol–water partition coefficient (Wildman–Crippen LogP) is 3.16. The minimum Gasteiger partial charge on any atom is -0.376 e. The van der Waals surface area contributed by atoms with Gasteiger partial charge >= 0.3 is 0 Å². The number of nitrogens with one attached hydrogen (secondary N) is 2. The molecule has 124 valence electrons. The quantitative estimate of drug-likeness (QED) is 0.482. The van der Waals surface area contributed by atoms with Crippen LogP contribution in [0.3, 0.4) is 0 Å². The minimum absolute atomic E-state index is 0.0117. The fourth-order valence-electron chi connectivity index (χ4n) is 2.13. The first-order valence-corrected chi connectivity index (χ1v) is 7.26. The molecule has 0 unspecified atom stereocenters. The number of hydrogen-bond acceptors (Lipinski definition) is 5. The molecule has 0 aliphatic heterocycles. The molecule has 0 spiro atoms. The molecular weight excluding hydrogens is 310 g/mol. The third-order valence-electron chi connectivity index (χ3n) is 3.42. The summed E-state index contributed by atoms with van der Waals surface area (Å²) in [5.41, 5.74) is 2.33. The molecule has 0 bridgehead atoms. The van der Waals surface area contributed by atoms with Gasteiger partial charge in [-0.2, -0.15) is 0 Å². The number of amides is 1. The van der Waals surface area contributed by atoms with Gasteiger partial charge in [0.1, 0.15) is 0 Å². The van der Waals surface area contributed by atoms with E-state index in [-0.39, 0.29) is 23.9 Å². The van der Waals surface area contributed by atoms with Crippen LogP contribution in [0.1, 0.15) is 22.8 Å². The molecule has 2 N–H and O–H groups in total. The van der Waals surface area contributed by atoms with Crippen molar-refractivity contribution in [3.63, 3.8) is 0 Å². The molecule has 24 heavy (non-hydrogen) atoms. The van der Waals surface area contributed by atoms with Gasteiger partial charge in [-0.1, -0.05) is 12.1 Å². The van der Waals surface area contributed by atoms with E-state index in [1.807, 2.05) is 0 Å². The molecule has 2 aromatic carbocycles. The van der Waals surface area contributed by atoms with Crippen LogP contribution in [0, 0.1) is 17.0 Å². The lowest BCUT2D eigenvalue weighted by molar-refractivity contribution is -0.384. The number of Topliss-reactive ketones (excluding diaryl/α,β-unsaturated/α-hetero) is 1. The van der Waals surface area contributed by atoms with Gasteiger partial charge in [-0.05, 0) is 37.6 Å². The van der Waals surface area contributed by atoms with Gasteiger partial charge < -0.3 is 10.6 Å². The Hall–Kier alpha value is -3.22. The molecule has 0 saturated carbocycles. The Labute approximate surface area is 138 Å². The lowest BCUT2D eigenvalue weighted by Gasteiger charge is -2.10. The molecule has 2 aromatic rings. The smallest absolute Gasteiger partial charge is 0.269 e. The largest absolute Gasteiger partial charge is 0.376 e. The van der Waals surface area contributed by atoms with Crippen molar-refractivity contribution in [3.05, 3.63) is 63.7 Å². The van der Waals surface area contributed by atoms with Crippen molar-refractivity contribution in [1.82, 2.24) is 0 Å². The number of nitrogens with zero attached hydrogens (tertiary/aromatic N) is 1. The number of carbonyl (C=O) groups is 2. The van der Waals surface area contributed by atoms with Gasteiger partial charge in [0.05, 0.1) is 11.5 Å². The van der Waals surface area contributed by atoms with Crippen LogP contribution in [-0.4, -0.2) is 23.2 Å². The number of nitro benzene ring substituents is 1. The van der Waals surface area contributed by atoms with Crippen LogP contribution >= 0.6 is 0 Å². The van der Waals surface area contributed by atoms with Crippen molar-refractivity contribution in [2.24, 2.45) is 0 Å². The summed E-state index contributed by atoms with van der Waals surface area (Å²) in [5.74, 6) is -0.343. The fraction of sp³-hybridized carbons (Fsp3) is 0.176. The van der Waals surface area contributed by atoms with Crippen LogP contribution < -0.4 is 10.6 Å². The fourth-order valence-corrected chi connectivity index (χ4v) is 2.13. The van der Waals surface area contributed by atoms with Crippen molar-refractivity contribution in [1.29, 1.82) is 0 Å². The van der Waals surface area contributed by atoms with E-state index in [2.05, 4.69) is 10.6 Å². The average molecular weight is 327 g/mol. The van der Waals surface area contributed by atoms with Gasteiger partial charge in [0.25, 0.3) is 5.69 Å². The van der Waals surface area contributed by atoms with Crippen LogP contribution in [0.4, 0.5) is 17.1 Å². The molecule has 0 heterocycles. The number of hydrogen-bond donors (Lipinski definition) is 2. The Morgan fingerprint density at radius 3 is 2.54 bits per heavy atom. The van der Waals surface area contributed by atoms with E-state index in [0.717, 1.165) is 0 Å². The minimum atomic E-state index is -0.484. The standard InChI is InChI=1S/C17H17N3O4/c1-11-8-15(20(23)24)6-7-16(11)19-17(22)10-18-14-5-3-4-13(9-14)12(2)21/h3-9,18H,10H2,1-2H3,(H,19,22). The van der Waals surface area contributed by atoms with Crippen LogP contribution in [0.25, 0.3) is 0 Å². The Morgan fingerprint density at radius 1 is 1.17 bits per heavy atom. The third kappa shape index (κ3) is 4.39. The number of aryl methyl sites for hydroxylation is 1. The van der Waals surface area contributed by atoms with Gasteiger partial charge in [0.2, 0.25) is 5.91 Å². The molecule has 0 aliphatic carbocycles. The first kappa shape index (κ1) is 17.1. The zero-order chi connectivity index (χ0) is 17.7. The van der Waals surface area contributed by atoms with Crippen molar-refractivity contribution in [2.45, 2.75) is 13.8 Å². The highest BCUT2D eigenvalue weighted by atomic mass is 16.6. The lowest BCUT2D eigenvalue weighted by Crippen LogP contribution is -2.22. The third-order valence-corrected chi connectivity index (χ3v) is 3.42. The van der Waals surface area contributed by atoms with Gasteiger partial charge in [0.15, 0.2) is 5.78 Å². The Kier molecular flexibility index (Phi) is 5.26. The number of carbonyl (C=O) groups excluding carboxylic acids is 2. The summed E-state index contributed by atoms with van der Waals surface area (Å²) in [6.07, 6.45) is 0. The van der Waals surface area contributed by atoms with Gasteiger partial charge in [-0.15, -0.1) is 0 Å². The van der Waals surface area contributed by atoms with Crippen molar-refractivity contribution in [2.75, 3.05) is 17.2 Å². The van der Waals surface area contributed by atoms with Gasteiger partial charge in [0, 0.05) is 29.1 Å². The molecule has 0 radical (unpaired) electrons. The van der Waals surface area contributed by atoms with Crippen LogP contribution in [-0.2, 0) is 4.79 Å². The second kappa shape index (κ2) is 7.36. The van der Waals surface area contributed by atoms with Crippen molar-refractivity contribution < 1.29 is 14.5 Å². The summed E-state index contributed by atoms with van der Waals surface area (Å²) in [4.78, 5) is 33.6. The maximum absolute atomic E-state index is 12.0. The Bertz CT molecular complexity index is 802. The zero-order valence-corrected chi connectivity index (χ0v) is 13.3. The van der Waals surface area contributed by atoms with Crippen LogP contribution in [0.15, 0.2) is 42.5 Å². The SMILES string of the molecule is CC(=O)c1cccc(NCC(=O)Nc2ccc([N+](=O)[O-])cc2C)c1. The maximum atomic E-state index is 12.0. The topological polar surface area (TPSA) is 101 Å². The molecule has 2 rings (SSSR count). The Balaban J connectivity index is 1.97. The Morgan fingerprint density at radius 2 is 1.92 bits per heavy atom.